The monoisotopic (exact) mass is 2160 g/mol. The summed E-state index contributed by atoms with van der Waals surface area (Å²) in [5.74, 6) is 0.603. The van der Waals surface area contributed by atoms with E-state index in [-0.39, 0.29) is 55.0 Å². The smallest absolute Gasteiger partial charge is 0.229 e. The number of hydrogen-bond donors (Lipinski definition) is 1. The summed E-state index contributed by atoms with van der Waals surface area (Å²) in [6, 6.07) is 59.3. The zero-order valence-electron chi connectivity index (χ0n) is 91.5. The Morgan fingerprint density at radius 3 is 1.31 bits per heavy atom. The fourth-order valence-corrected chi connectivity index (χ4v) is 20.6. The number of hydrogen-bond acceptors (Lipinski definition) is 20. The van der Waals surface area contributed by atoms with Crippen LogP contribution >= 0.6 is 91.5 Å². The lowest BCUT2D eigenvalue weighted by Crippen LogP contribution is -2.23. The molecule has 0 radical (unpaired) electrons. The van der Waals surface area contributed by atoms with Crippen molar-refractivity contribution in [2.75, 3.05) is 61.6 Å². The third kappa shape index (κ3) is 33.1. The third-order valence-corrected chi connectivity index (χ3v) is 31.2. The van der Waals surface area contributed by atoms with Crippen molar-refractivity contribution in [1.82, 2.24) is 68.7 Å². The van der Waals surface area contributed by atoms with Crippen molar-refractivity contribution in [3.8, 4) is 73.3 Å². The van der Waals surface area contributed by atoms with Crippen molar-refractivity contribution in [3.05, 3.63) is 320 Å². The van der Waals surface area contributed by atoms with Crippen molar-refractivity contribution in [2.24, 2.45) is 0 Å². The number of para-hydroxylation sites is 1. The molecule has 18 rings (SSSR count). The second-order valence-corrected chi connectivity index (χ2v) is 52.5. The number of aromatic nitrogens is 13. The SMILES string of the molecule is CC(=O)n1ccc2ccc(-c3csc(C(C)(C)C)n3)cc21.CC(C)(C)c1cnn(-c2ccc(Cl)cc2)c1.CC(C)(C)c1cnn(-c2ccccc2)c1.CC(C)(C)c1nc(-c2cccc(NS(C)(=O)=O)c2)cs1.CC(C)(C)c1ncn(-c2ccc(Cl)cc2)n1.CCN(CC)c1cc(Cl)c(-c2csc(C(C)(C)C)n2)cc1F.CN(C)Cc1cccc(-c2csc(C(C)(C)C)n2)c1.CN1CCc2cc(-c3csc(C(C)(C)C)n3)ccc21. The van der Waals surface area contributed by atoms with Crippen LogP contribution in [0.2, 0.25) is 15.1 Å². The van der Waals surface area contributed by atoms with Gasteiger partial charge in [-0.1, -0.05) is 268 Å². The molecule has 30 heteroatoms. The van der Waals surface area contributed by atoms with Gasteiger partial charge in [0.15, 0.2) is 5.82 Å². The lowest BCUT2D eigenvalue weighted by molar-refractivity contribution is 0.0941. The van der Waals surface area contributed by atoms with E-state index < -0.39 is 10.0 Å². The van der Waals surface area contributed by atoms with Crippen molar-refractivity contribution >= 4 is 135 Å². The second-order valence-electron chi connectivity index (χ2n) is 45.2. The van der Waals surface area contributed by atoms with Gasteiger partial charge in [0.1, 0.15) is 12.1 Å². The Bertz CT molecular complexity index is 7250. The minimum Gasteiger partial charge on any atom is -0.374 e. The van der Waals surface area contributed by atoms with E-state index in [1.54, 1.807) is 97.4 Å². The molecule has 148 heavy (non-hydrogen) atoms. The molecule has 0 saturated carbocycles. The van der Waals surface area contributed by atoms with Crippen LogP contribution in [0.15, 0.2) is 246 Å². The molecular formula is C118H145Cl3FN17O3S6. The molecule has 1 N–H and O–H groups in total. The van der Waals surface area contributed by atoms with Crippen molar-refractivity contribution < 1.29 is 17.6 Å². The number of carbonyl (C=O) groups is 1. The summed E-state index contributed by atoms with van der Waals surface area (Å²) in [6.07, 6.45) is 13.8. The summed E-state index contributed by atoms with van der Waals surface area (Å²) in [4.78, 5) is 46.0. The molecule has 0 fully saturated rings. The summed E-state index contributed by atoms with van der Waals surface area (Å²) in [5, 5.41) is 32.2. The van der Waals surface area contributed by atoms with Crippen molar-refractivity contribution in [2.45, 2.75) is 243 Å². The fraction of sp³-hybridized carbons (Fsp3) is 0.373. The average Bonchev–Trinajstić information content (AvgIpc) is 1.58. The fourth-order valence-electron chi connectivity index (χ4n) is 14.9. The van der Waals surface area contributed by atoms with E-state index in [9.17, 15) is 17.6 Å². The summed E-state index contributed by atoms with van der Waals surface area (Å²) < 4.78 is 46.7. The number of anilines is 3. The van der Waals surface area contributed by atoms with Crippen molar-refractivity contribution in [3.63, 3.8) is 0 Å². The molecular weight excluding hydrogens is 2020 g/mol. The van der Waals surface area contributed by atoms with E-state index >= 15 is 0 Å². The summed E-state index contributed by atoms with van der Waals surface area (Å²) in [5.41, 5.74) is 22.2. The number of nitrogens with one attached hydrogen (secondary N) is 1. The number of likely N-dealkylation sites (N-methyl/N-ethyl adjacent to an activating group) is 1. The molecule has 0 unspecified atom stereocenters. The molecule has 1 aliphatic heterocycles. The predicted molar refractivity (Wildman–Crippen MR) is 629 cm³/mol. The molecule has 8 aromatic carbocycles. The average molecular weight is 2170 g/mol. The number of sulfonamides is 1. The predicted octanol–water partition coefficient (Wildman–Crippen LogP) is 32.4. The molecule has 0 saturated heterocycles. The van der Waals surface area contributed by atoms with Crippen LogP contribution in [-0.2, 0) is 66.3 Å². The molecule has 784 valence electrons. The van der Waals surface area contributed by atoms with Gasteiger partial charge in [-0.3, -0.25) is 14.1 Å². The number of fused-ring (bicyclic) bond motifs is 2. The van der Waals surface area contributed by atoms with Gasteiger partial charge in [-0.2, -0.15) is 15.3 Å². The Morgan fingerprint density at radius 2 is 0.892 bits per heavy atom. The number of rotatable bonds is 15. The molecule has 17 aromatic rings. The van der Waals surface area contributed by atoms with E-state index in [0.29, 0.717) is 22.0 Å². The normalized spacial score (nSPS) is 12.3. The molecule has 10 heterocycles. The molecule has 0 atom stereocenters. The van der Waals surface area contributed by atoms with E-state index in [1.807, 2.05) is 155 Å². The Hall–Kier alpha value is -11.2. The standard InChI is InChI=1S/C17H22ClFN2S.C17H18N2OS.C16H20N2S.C16H22N2S.C14H18N2O2S2.C13H15ClN2.C13H16N2.C12H14ClN3/c1-6-21(7-2)15-9-12(18)11(8-13(15)19)14-10-22-16(20-14)17(3,4)5;1-11(20)19-8-7-12-5-6-13(9-15(12)19)14-10-21-16(18-14)17(2,3)4;1-16(2,3)15-17-13(10-19-15)11-5-6-14-12(9-11)7-8-18(14)4;1-16(2,3)15-17-14(11-19-15)13-8-6-7-12(9-13)10-18(4)5;1-14(2,3)13-15-12(9-19-13)10-6-5-7-11(8-10)16-20(4,17)18;1-13(2,3)10-8-15-16(9-10)12-6-4-11(14)5-7-12;1-13(2,3)11-9-14-15(10-11)12-7-5-4-6-8-12;1-12(2,3)11-14-8-16(15-11)10-6-4-9(13)5-7-10/h8-10H,6-7H2,1-5H3;5-10H,1-4H3;5-6,9-10H,7-8H2,1-4H3;6-9,11H,10H2,1-5H3;5-9,16H,1-4H3;4-9H,1-3H3;4-10H,1-3H3;4-8H,1-3H3. The van der Waals surface area contributed by atoms with Gasteiger partial charge in [-0.05, 0) is 183 Å². The molecule has 9 aromatic heterocycles. The first-order valence-electron chi connectivity index (χ1n) is 49.5. The minimum atomic E-state index is -3.26. The maximum absolute atomic E-state index is 14.5. The third-order valence-electron chi connectivity index (χ3n) is 23.4. The van der Waals surface area contributed by atoms with Gasteiger partial charge in [0, 0.05) is 173 Å². The van der Waals surface area contributed by atoms with Crippen LogP contribution in [0, 0.1) is 5.82 Å². The van der Waals surface area contributed by atoms with Crippen LogP contribution in [0.1, 0.15) is 245 Å². The molecule has 1 aliphatic rings. The molecule has 0 aliphatic carbocycles. The van der Waals surface area contributed by atoms with E-state index in [0.717, 1.165) is 137 Å². The highest BCUT2D eigenvalue weighted by Gasteiger charge is 2.28. The first-order valence-corrected chi connectivity index (χ1v) is 57.0. The Kier molecular flexibility index (Phi) is 39.0. The lowest BCUT2D eigenvalue weighted by Gasteiger charge is -2.22. The van der Waals surface area contributed by atoms with Crippen LogP contribution < -0.4 is 14.5 Å². The topological polar surface area (TPSA) is 209 Å². The Labute approximate surface area is 912 Å². The van der Waals surface area contributed by atoms with Gasteiger partial charge < -0.3 is 14.7 Å². The summed E-state index contributed by atoms with van der Waals surface area (Å²) in [7, 11) is 3.08. The van der Waals surface area contributed by atoms with Gasteiger partial charge in [0.2, 0.25) is 15.9 Å². The second kappa shape index (κ2) is 49.3. The molecule has 0 spiro atoms. The lowest BCUT2D eigenvalue weighted by atomic mass is 9.90. The van der Waals surface area contributed by atoms with Gasteiger partial charge >= 0.3 is 0 Å². The van der Waals surface area contributed by atoms with Crippen LogP contribution in [0.25, 0.3) is 84.3 Å². The number of nitrogens with zero attached hydrogens (tertiary/aromatic N) is 16. The summed E-state index contributed by atoms with van der Waals surface area (Å²) >= 11 is 26.5. The van der Waals surface area contributed by atoms with Crippen LogP contribution in [0.5, 0.6) is 0 Å². The van der Waals surface area contributed by atoms with Crippen LogP contribution in [-0.4, -0.2) is 130 Å². The quantitative estimate of drug-likeness (QED) is 0.101. The van der Waals surface area contributed by atoms with Gasteiger partial charge in [-0.15, -0.1) is 56.7 Å². The van der Waals surface area contributed by atoms with Crippen LogP contribution in [0.3, 0.4) is 0 Å². The first kappa shape index (κ1) is 117. The number of carbonyl (C=O) groups excluding carboxylic acids is 1. The Balaban J connectivity index is 0.000000161. The van der Waals surface area contributed by atoms with E-state index in [4.69, 9.17) is 49.8 Å². The first-order chi connectivity index (χ1) is 69.1. The Morgan fingerprint density at radius 1 is 0.466 bits per heavy atom. The number of thiazole rings is 5. The maximum Gasteiger partial charge on any atom is 0.229 e. The minimum absolute atomic E-state index is 0.0188. The number of benzene rings is 8. The van der Waals surface area contributed by atoms with Gasteiger partial charge in [0.25, 0.3) is 0 Å². The molecule has 0 bridgehead atoms. The zero-order chi connectivity index (χ0) is 109. The van der Waals surface area contributed by atoms with Gasteiger partial charge in [-0.25, -0.2) is 56.8 Å². The highest BCUT2D eigenvalue weighted by Crippen LogP contribution is 2.41. The number of halogens is 4. The molecule has 20 nitrogen and oxygen atoms in total. The van der Waals surface area contributed by atoms with Gasteiger partial charge in [0.05, 0.1) is 105 Å². The zero-order valence-corrected chi connectivity index (χ0v) is 98.7. The molecule has 0 amide bonds. The largest absolute Gasteiger partial charge is 0.374 e. The van der Waals surface area contributed by atoms with E-state index in [2.05, 4.69) is 321 Å². The maximum atomic E-state index is 14.5. The van der Waals surface area contributed by atoms with Crippen molar-refractivity contribution in [1.29, 1.82) is 0 Å². The van der Waals surface area contributed by atoms with Crippen LogP contribution in [0.4, 0.5) is 21.5 Å². The summed E-state index contributed by atoms with van der Waals surface area (Å²) in [6.45, 7) is 61.0. The van der Waals surface area contributed by atoms with E-state index in [1.165, 1.54) is 55.1 Å². The highest BCUT2D eigenvalue weighted by molar-refractivity contribution is 7.92. The highest BCUT2D eigenvalue weighted by atomic mass is 35.5.